The van der Waals surface area contributed by atoms with Crippen molar-refractivity contribution in [3.63, 3.8) is 0 Å². The molecule has 286 valence electrons. The molecule has 0 aromatic heterocycles. The van der Waals surface area contributed by atoms with E-state index in [0.717, 1.165) is 11.1 Å². The zero-order valence-corrected chi connectivity index (χ0v) is 38.6. The molecule has 51 heavy (non-hydrogen) atoms. The summed E-state index contributed by atoms with van der Waals surface area (Å²) in [7, 11) is -8.59. The van der Waals surface area contributed by atoms with Crippen LogP contribution < -0.4 is 0 Å². The van der Waals surface area contributed by atoms with E-state index >= 15 is 0 Å². The third-order valence-corrected chi connectivity index (χ3v) is 23.1. The van der Waals surface area contributed by atoms with E-state index in [1.807, 2.05) is 49.4 Å². The van der Waals surface area contributed by atoms with Gasteiger partial charge in [-0.3, -0.25) is 4.18 Å². The van der Waals surface area contributed by atoms with Crippen molar-refractivity contribution in [3.8, 4) is 0 Å². The van der Waals surface area contributed by atoms with E-state index in [9.17, 15) is 8.42 Å². The zero-order chi connectivity index (χ0) is 38.0. The Bertz CT molecular complexity index is 1560. The first-order chi connectivity index (χ1) is 23.6. The Morgan fingerprint density at radius 1 is 0.804 bits per heavy atom. The van der Waals surface area contributed by atoms with Gasteiger partial charge in [-0.25, -0.2) is 0 Å². The first-order valence-corrected chi connectivity index (χ1v) is 27.3. The predicted molar refractivity (Wildman–Crippen MR) is 221 cm³/mol. The highest BCUT2D eigenvalue weighted by molar-refractivity contribution is 14.1. The van der Waals surface area contributed by atoms with Crippen molar-refractivity contribution in [1.82, 2.24) is 0 Å². The number of rotatable bonds is 13. The normalized spacial score (nSPS) is 28.2. The molecule has 1 saturated heterocycles. The highest BCUT2D eigenvalue weighted by Crippen LogP contribution is 2.46. The largest absolute Gasteiger partial charge is 0.410 e. The molecule has 2 aromatic carbocycles. The number of aryl methyl sites for hydroxylation is 1. The van der Waals surface area contributed by atoms with Gasteiger partial charge in [-0.15, -0.1) is 0 Å². The van der Waals surface area contributed by atoms with Gasteiger partial charge in [-0.1, -0.05) is 134 Å². The molecule has 0 spiro atoms. The summed E-state index contributed by atoms with van der Waals surface area (Å²) < 4.78 is 66.6. The molecule has 8 nitrogen and oxygen atoms in total. The molecule has 0 amide bonds. The molecule has 2 aromatic rings. The molecule has 2 aliphatic rings. The molecule has 2 heterocycles. The van der Waals surface area contributed by atoms with Gasteiger partial charge in [-0.05, 0) is 67.0 Å². The Hall–Kier alpha value is -0.466. The van der Waals surface area contributed by atoms with Crippen LogP contribution in [0.25, 0.3) is 0 Å². The molecular weight excluding hydrogens is 879 g/mol. The maximum atomic E-state index is 13.4. The topological polar surface area (TPSA) is 89.5 Å². The van der Waals surface area contributed by atoms with Crippen LogP contribution in [0, 0.1) is 12.8 Å². The fourth-order valence-corrected chi connectivity index (χ4v) is 11.1. The van der Waals surface area contributed by atoms with Gasteiger partial charge in [0.05, 0.1) is 52.6 Å². The molecule has 0 aliphatic carbocycles. The van der Waals surface area contributed by atoms with Crippen LogP contribution in [0.3, 0.4) is 0 Å². The van der Waals surface area contributed by atoms with Gasteiger partial charge in [-0.2, -0.15) is 8.42 Å². The molecule has 8 atom stereocenters. The predicted octanol–water partition coefficient (Wildman–Crippen LogP) is 9.56. The van der Waals surface area contributed by atoms with E-state index < -0.39 is 45.3 Å². The lowest BCUT2D eigenvalue weighted by Gasteiger charge is -2.53. The van der Waals surface area contributed by atoms with Crippen LogP contribution in [0.2, 0.25) is 36.3 Å². The molecule has 13 heteroatoms. The Balaban J connectivity index is 1.69. The molecule has 2 aliphatic heterocycles. The van der Waals surface area contributed by atoms with Gasteiger partial charge in [0.15, 0.2) is 22.9 Å². The summed E-state index contributed by atoms with van der Waals surface area (Å²) in [5, 5.41) is 0.510. The SMILES string of the molecule is Cc1ccc(S(=O)(=O)OC[C@H]2OC(OCc3ccccc3)C=C[C@@H]2[C@@H]2O[C@H](CBr)[C@@H](O[Si](C)(C)C(C)(C)C)[C@H](O[Si](C)(C)C(C)(C)C)[C@H]2I)cc1. The van der Waals surface area contributed by atoms with Crippen LogP contribution in [0.15, 0.2) is 71.6 Å². The van der Waals surface area contributed by atoms with E-state index in [2.05, 4.69) is 106 Å². The second-order valence-electron chi connectivity index (χ2n) is 16.8. The molecule has 0 radical (unpaired) electrons. The highest BCUT2D eigenvalue weighted by atomic mass is 127. The Morgan fingerprint density at radius 3 is 1.92 bits per heavy atom. The maximum absolute atomic E-state index is 13.4. The number of benzene rings is 2. The monoisotopic (exact) mass is 936 g/mol. The molecule has 0 bridgehead atoms. The fraction of sp³-hybridized carbons (Fsp3) is 0.632. The highest BCUT2D eigenvalue weighted by Gasteiger charge is 2.55. The van der Waals surface area contributed by atoms with E-state index in [-0.39, 0.29) is 49.7 Å². The van der Waals surface area contributed by atoms with Crippen molar-refractivity contribution >= 4 is 65.3 Å². The van der Waals surface area contributed by atoms with E-state index in [1.54, 1.807) is 24.3 Å². The summed E-state index contributed by atoms with van der Waals surface area (Å²) in [6, 6.07) is 16.5. The number of hydrogen-bond acceptors (Lipinski definition) is 8. The van der Waals surface area contributed by atoms with Crippen molar-refractivity contribution in [2.75, 3.05) is 11.9 Å². The lowest BCUT2D eigenvalue weighted by atomic mass is 9.86. The van der Waals surface area contributed by atoms with Crippen molar-refractivity contribution in [2.45, 2.75) is 137 Å². The van der Waals surface area contributed by atoms with Gasteiger partial charge in [0.25, 0.3) is 10.1 Å². The summed E-state index contributed by atoms with van der Waals surface area (Å²) >= 11 is 6.25. The molecule has 0 saturated carbocycles. The summed E-state index contributed by atoms with van der Waals surface area (Å²) in [4.78, 5) is 0.0985. The lowest BCUT2D eigenvalue weighted by molar-refractivity contribution is -0.205. The van der Waals surface area contributed by atoms with E-state index in [0.29, 0.717) is 11.9 Å². The average Bonchev–Trinajstić information content (AvgIpc) is 3.04. The van der Waals surface area contributed by atoms with Gasteiger partial charge >= 0.3 is 0 Å². The number of alkyl halides is 2. The summed E-state index contributed by atoms with van der Waals surface area (Å²) in [5.41, 5.74) is 1.97. The van der Waals surface area contributed by atoms with Crippen molar-refractivity contribution in [3.05, 3.63) is 77.9 Å². The average molecular weight is 938 g/mol. The minimum atomic E-state index is -4.06. The second kappa shape index (κ2) is 17.1. The smallest absolute Gasteiger partial charge is 0.297 e. The number of halogens is 2. The Labute approximate surface area is 331 Å². The van der Waals surface area contributed by atoms with Crippen LogP contribution in [-0.2, 0) is 44.0 Å². The van der Waals surface area contributed by atoms with Crippen LogP contribution in [-0.4, -0.2) is 77.7 Å². The molecule has 4 rings (SSSR count). The van der Waals surface area contributed by atoms with Gasteiger partial charge in [0.2, 0.25) is 0 Å². The summed E-state index contributed by atoms with van der Waals surface area (Å²) in [5.74, 6) is -0.363. The first-order valence-electron chi connectivity index (χ1n) is 17.7. The second-order valence-corrected chi connectivity index (χ2v) is 30.0. The van der Waals surface area contributed by atoms with E-state index in [1.165, 1.54) is 0 Å². The Morgan fingerprint density at radius 2 is 1.37 bits per heavy atom. The Kier molecular flexibility index (Phi) is 14.5. The zero-order valence-electron chi connectivity index (χ0n) is 32.0. The van der Waals surface area contributed by atoms with Gasteiger partial charge < -0.3 is 23.1 Å². The molecular formula is C38H58BrIO8SSi2. The third kappa shape index (κ3) is 10.9. The van der Waals surface area contributed by atoms with Crippen LogP contribution in [0.4, 0.5) is 0 Å². The quantitative estimate of drug-likeness (QED) is 0.0646. The van der Waals surface area contributed by atoms with Gasteiger partial charge in [0, 0.05) is 11.2 Å². The molecule has 0 N–H and O–H groups in total. The minimum Gasteiger partial charge on any atom is -0.410 e. The van der Waals surface area contributed by atoms with Gasteiger partial charge in [0.1, 0.15) is 0 Å². The van der Waals surface area contributed by atoms with Crippen LogP contribution in [0.5, 0.6) is 0 Å². The summed E-state index contributed by atoms with van der Waals surface area (Å²) in [6.45, 7) is 24.6. The first kappa shape index (κ1) is 43.3. The number of ether oxygens (including phenoxy) is 3. The summed E-state index contributed by atoms with van der Waals surface area (Å²) in [6.07, 6.45) is 1.26. The standard InChI is InChI=1S/C38H58BrIO8SSi2/c1-26-17-19-28(20-18-26)49(41,42)44-25-31-29(21-22-32(45-31)43-24-27-15-13-12-14-16-27)34-33(40)36(48-51(10,11)38(5,6)7)35(30(23-39)46-34)47-50(8,9)37(2,3)4/h12-22,29-36H,23-25H2,1-11H3/t29-,30+,31+,32?,33-,34-,35+,36+/m0/s1. The number of hydrogen-bond donors (Lipinski definition) is 0. The maximum Gasteiger partial charge on any atom is 0.297 e. The van der Waals surface area contributed by atoms with Crippen molar-refractivity contribution in [1.29, 1.82) is 0 Å². The third-order valence-electron chi connectivity index (χ3n) is 10.8. The minimum absolute atomic E-state index is 0.0108. The fourth-order valence-electron chi connectivity index (χ4n) is 5.57. The van der Waals surface area contributed by atoms with Crippen LogP contribution in [0.1, 0.15) is 52.7 Å². The van der Waals surface area contributed by atoms with Crippen molar-refractivity contribution in [2.24, 2.45) is 5.92 Å². The van der Waals surface area contributed by atoms with Crippen molar-refractivity contribution < 1.29 is 35.7 Å². The van der Waals surface area contributed by atoms with Crippen LogP contribution >= 0.6 is 38.5 Å². The molecule has 1 fully saturated rings. The molecule has 1 unspecified atom stereocenters. The van der Waals surface area contributed by atoms with E-state index in [4.69, 9.17) is 27.2 Å². The lowest BCUT2D eigenvalue weighted by Crippen LogP contribution is -2.65.